The minimum atomic E-state index is 0.682. The van der Waals surface area contributed by atoms with Crippen molar-refractivity contribution in [3.63, 3.8) is 0 Å². The monoisotopic (exact) mass is 235 g/mol. The van der Waals surface area contributed by atoms with Crippen LogP contribution in [0.1, 0.15) is 55.0 Å². The highest BCUT2D eigenvalue weighted by Gasteiger charge is 2.28. The number of fused-ring (bicyclic) bond motifs is 1. The number of hydrogen-bond donors (Lipinski definition) is 1. The Kier molecular flexibility index (Phi) is 3.30. The van der Waals surface area contributed by atoms with Gasteiger partial charge in [-0.3, -0.25) is 0 Å². The van der Waals surface area contributed by atoms with Crippen molar-refractivity contribution in [3.8, 4) is 0 Å². The summed E-state index contributed by atoms with van der Waals surface area (Å²) in [5.74, 6) is 0.903. The van der Waals surface area contributed by atoms with Gasteiger partial charge in [0.05, 0.1) is 0 Å². The lowest BCUT2D eigenvalue weighted by Crippen LogP contribution is -2.33. The molecule has 16 heavy (non-hydrogen) atoms. The van der Waals surface area contributed by atoms with E-state index in [-0.39, 0.29) is 0 Å². The van der Waals surface area contributed by atoms with Crippen LogP contribution < -0.4 is 5.32 Å². The van der Waals surface area contributed by atoms with Crippen molar-refractivity contribution in [2.24, 2.45) is 5.92 Å². The van der Waals surface area contributed by atoms with Gasteiger partial charge in [-0.15, -0.1) is 11.3 Å². The molecular formula is C14H21NS. The zero-order valence-electron chi connectivity index (χ0n) is 9.87. The standard InChI is InChI=1S/C14H21NS/c1-2-4-6-11(5-3-1)13-14-12(7-9-15-13)8-10-16-14/h8,10-11,13,15H,1-7,9H2. The van der Waals surface area contributed by atoms with Crippen LogP contribution in [-0.2, 0) is 6.42 Å². The van der Waals surface area contributed by atoms with Crippen molar-refractivity contribution in [2.45, 2.75) is 51.0 Å². The fraction of sp³-hybridized carbons (Fsp3) is 0.714. The molecule has 0 radical (unpaired) electrons. The van der Waals surface area contributed by atoms with Gasteiger partial charge in [0.25, 0.3) is 0 Å². The molecule has 1 aliphatic carbocycles. The van der Waals surface area contributed by atoms with E-state index in [9.17, 15) is 0 Å². The van der Waals surface area contributed by atoms with E-state index < -0.39 is 0 Å². The molecule has 0 saturated heterocycles. The largest absolute Gasteiger partial charge is 0.309 e. The van der Waals surface area contributed by atoms with Crippen molar-refractivity contribution in [3.05, 3.63) is 21.9 Å². The highest BCUT2D eigenvalue weighted by molar-refractivity contribution is 7.10. The molecule has 3 rings (SSSR count). The lowest BCUT2D eigenvalue weighted by Gasteiger charge is -2.31. The molecule has 1 aromatic heterocycles. The lowest BCUT2D eigenvalue weighted by molar-refractivity contribution is 0.320. The third-order valence-electron chi connectivity index (χ3n) is 4.19. The van der Waals surface area contributed by atoms with Crippen molar-refractivity contribution < 1.29 is 0 Å². The first-order valence-corrected chi connectivity index (χ1v) is 7.63. The zero-order valence-corrected chi connectivity index (χ0v) is 10.7. The maximum Gasteiger partial charge on any atom is 0.0446 e. The molecule has 2 heterocycles. The Morgan fingerprint density at radius 2 is 1.94 bits per heavy atom. The van der Waals surface area contributed by atoms with Crippen LogP contribution >= 0.6 is 11.3 Å². The molecule has 1 atom stereocenters. The van der Waals surface area contributed by atoms with Crippen molar-refractivity contribution in [1.82, 2.24) is 5.32 Å². The number of thiophene rings is 1. The Bertz CT molecular complexity index is 336. The van der Waals surface area contributed by atoms with Crippen LogP contribution in [-0.4, -0.2) is 6.54 Å². The van der Waals surface area contributed by atoms with Gasteiger partial charge in [0.2, 0.25) is 0 Å². The van der Waals surface area contributed by atoms with Crippen molar-refractivity contribution >= 4 is 11.3 Å². The van der Waals surface area contributed by atoms with E-state index >= 15 is 0 Å². The summed E-state index contributed by atoms with van der Waals surface area (Å²) in [5.41, 5.74) is 1.62. The third kappa shape index (κ3) is 2.05. The SMILES string of the molecule is c1cc2c(s1)C(C1CCCCCC1)NCC2. The maximum absolute atomic E-state index is 3.77. The molecule has 1 saturated carbocycles. The topological polar surface area (TPSA) is 12.0 Å². The summed E-state index contributed by atoms with van der Waals surface area (Å²) in [6.07, 6.45) is 9.93. The van der Waals surface area contributed by atoms with Gasteiger partial charge in [-0.25, -0.2) is 0 Å². The molecule has 1 N–H and O–H groups in total. The Hall–Kier alpha value is -0.340. The van der Waals surface area contributed by atoms with Gasteiger partial charge >= 0.3 is 0 Å². The molecule has 1 aliphatic heterocycles. The van der Waals surface area contributed by atoms with E-state index in [1.807, 2.05) is 11.3 Å². The van der Waals surface area contributed by atoms with E-state index in [0.29, 0.717) is 6.04 Å². The number of rotatable bonds is 1. The third-order valence-corrected chi connectivity index (χ3v) is 5.24. The summed E-state index contributed by atoms with van der Waals surface area (Å²) in [4.78, 5) is 1.65. The van der Waals surface area contributed by atoms with E-state index in [1.54, 1.807) is 10.4 Å². The van der Waals surface area contributed by atoms with Gasteiger partial charge in [0.1, 0.15) is 0 Å². The molecule has 2 aliphatic rings. The van der Waals surface area contributed by atoms with Gasteiger partial charge < -0.3 is 5.32 Å². The summed E-state index contributed by atoms with van der Waals surface area (Å²) >= 11 is 1.97. The van der Waals surface area contributed by atoms with Crippen LogP contribution in [0.25, 0.3) is 0 Å². The highest BCUT2D eigenvalue weighted by Crippen LogP contribution is 2.38. The number of hydrogen-bond acceptors (Lipinski definition) is 2. The second-order valence-corrected chi connectivity index (χ2v) is 6.19. The van der Waals surface area contributed by atoms with Crippen LogP contribution in [0.3, 0.4) is 0 Å². The van der Waals surface area contributed by atoms with Gasteiger partial charge in [0, 0.05) is 10.9 Å². The van der Waals surface area contributed by atoms with Crippen LogP contribution in [0.15, 0.2) is 11.4 Å². The predicted molar refractivity (Wildman–Crippen MR) is 70.0 cm³/mol. The molecule has 1 nitrogen and oxygen atoms in total. The molecule has 0 aromatic carbocycles. The molecule has 0 bridgehead atoms. The van der Waals surface area contributed by atoms with Gasteiger partial charge in [-0.05, 0) is 48.7 Å². The van der Waals surface area contributed by atoms with Crippen molar-refractivity contribution in [2.75, 3.05) is 6.54 Å². The summed E-state index contributed by atoms with van der Waals surface area (Å²) in [6.45, 7) is 1.19. The fourth-order valence-corrected chi connectivity index (χ4v) is 4.43. The Morgan fingerprint density at radius 1 is 1.12 bits per heavy atom. The van der Waals surface area contributed by atoms with E-state index in [0.717, 1.165) is 5.92 Å². The average molecular weight is 235 g/mol. The molecule has 0 amide bonds. The van der Waals surface area contributed by atoms with Gasteiger partial charge in [-0.2, -0.15) is 0 Å². The van der Waals surface area contributed by atoms with Gasteiger partial charge in [0.15, 0.2) is 0 Å². The number of nitrogens with one attached hydrogen (secondary N) is 1. The Morgan fingerprint density at radius 3 is 2.75 bits per heavy atom. The molecule has 0 spiro atoms. The van der Waals surface area contributed by atoms with Crippen LogP contribution in [0.5, 0.6) is 0 Å². The first-order valence-electron chi connectivity index (χ1n) is 6.75. The maximum atomic E-state index is 3.77. The molecule has 1 fully saturated rings. The first-order chi connectivity index (χ1) is 7.95. The molecule has 2 heteroatoms. The van der Waals surface area contributed by atoms with E-state index in [2.05, 4.69) is 16.8 Å². The molecule has 1 aromatic rings. The quantitative estimate of drug-likeness (QED) is 0.728. The van der Waals surface area contributed by atoms with E-state index in [1.165, 1.54) is 51.5 Å². The molecular weight excluding hydrogens is 214 g/mol. The van der Waals surface area contributed by atoms with Crippen LogP contribution in [0.2, 0.25) is 0 Å². The minimum Gasteiger partial charge on any atom is -0.309 e. The smallest absolute Gasteiger partial charge is 0.0446 e. The molecule has 1 unspecified atom stereocenters. The first kappa shape index (κ1) is 10.8. The van der Waals surface area contributed by atoms with E-state index in [4.69, 9.17) is 0 Å². The fourth-order valence-electron chi connectivity index (χ4n) is 3.31. The predicted octanol–water partition coefficient (Wildman–Crippen LogP) is 3.91. The van der Waals surface area contributed by atoms with Crippen LogP contribution in [0.4, 0.5) is 0 Å². The summed E-state index contributed by atoms with van der Waals surface area (Å²) in [6, 6.07) is 3.02. The summed E-state index contributed by atoms with van der Waals surface area (Å²) in [5, 5.41) is 6.05. The minimum absolute atomic E-state index is 0.682. The normalized spacial score (nSPS) is 27.4. The van der Waals surface area contributed by atoms with Gasteiger partial charge in [-0.1, -0.05) is 25.7 Å². The zero-order chi connectivity index (χ0) is 10.8. The summed E-state index contributed by atoms with van der Waals surface area (Å²) < 4.78 is 0. The van der Waals surface area contributed by atoms with Crippen LogP contribution in [0, 0.1) is 5.92 Å². The summed E-state index contributed by atoms with van der Waals surface area (Å²) in [7, 11) is 0. The second-order valence-electron chi connectivity index (χ2n) is 5.24. The second kappa shape index (κ2) is 4.89. The molecule has 88 valence electrons. The Labute approximate surface area is 102 Å². The highest BCUT2D eigenvalue weighted by atomic mass is 32.1. The average Bonchev–Trinajstić information content (AvgIpc) is 2.63. The Balaban J connectivity index is 1.80. The van der Waals surface area contributed by atoms with Crippen molar-refractivity contribution in [1.29, 1.82) is 0 Å². The lowest BCUT2D eigenvalue weighted by atomic mass is 9.87.